The molecule has 0 unspecified atom stereocenters. The highest BCUT2D eigenvalue weighted by Crippen LogP contribution is 2.23. The highest BCUT2D eigenvalue weighted by atomic mass is 32.2. The van der Waals surface area contributed by atoms with Gasteiger partial charge in [0, 0.05) is 16.7 Å². The fraction of sp³-hybridized carbons (Fsp3) is 0.368. The summed E-state index contributed by atoms with van der Waals surface area (Å²) in [6.07, 6.45) is 0.927. The van der Waals surface area contributed by atoms with Crippen molar-refractivity contribution in [2.24, 2.45) is 5.92 Å². The van der Waals surface area contributed by atoms with Gasteiger partial charge in [0.05, 0.1) is 4.90 Å². The summed E-state index contributed by atoms with van der Waals surface area (Å²) in [5, 5.41) is 0. The van der Waals surface area contributed by atoms with Crippen molar-refractivity contribution in [2.75, 3.05) is 5.75 Å². The first-order valence-corrected chi connectivity index (χ1v) is 10.7. The van der Waals surface area contributed by atoms with Crippen molar-refractivity contribution < 1.29 is 8.42 Å². The minimum Gasteiger partial charge on any atom is -0.207 e. The van der Waals surface area contributed by atoms with Crippen LogP contribution in [0, 0.1) is 12.8 Å². The lowest BCUT2D eigenvalue weighted by Crippen LogP contribution is -2.41. The van der Waals surface area contributed by atoms with Crippen molar-refractivity contribution in [3.05, 3.63) is 60.2 Å². The Hall–Kier alpha value is -1.30. The molecule has 2 atom stereocenters. The summed E-state index contributed by atoms with van der Waals surface area (Å²) in [6, 6.07) is 16.9. The number of thioether (sulfide) groups is 1. The number of benzene rings is 2. The summed E-state index contributed by atoms with van der Waals surface area (Å²) in [5.41, 5.74) is 1.05. The third-order valence-corrected chi connectivity index (χ3v) is 6.78. The lowest BCUT2D eigenvalue weighted by molar-refractivity contribution is 0.439. The van der Waals surface area contributed by atoms with E-state index in [4.69, 9.17) is 0 Å². The average molecular weight is 364 g/mol. The van der Waals surface area contributed by atoms with Gasteiger partial charge in [0.25, 0.3) is 0 Å². The number of nitrogens with one attached hydrogen (secondary N) is 1. The third kappa shape index (κ3) is 5.36. The van der Waals surface area contributed by atoms with Gasteiger partial charge in [-0.15, -0.1) is 11.8 Å². The molecule has 0 aromatic heterocycles. The molecule has 0 heterocycles. The van der Waals surface area contributed by atoms with Crippen LogP contribution in [0.3, 0.4) is 0 Å². The number of aryl methyl sites for hydroxylation is 1. The molecule has 0 spiro atoms. The van der Waals surface area contributed by atoms with E-state index in [1.807, 2.05) is 49.4 Å². The smallest absolute Gasteiger partial charge is 0.207 e. The molecule has 130 valence electrons. The lowest BCUT2D eigenvalue weighted by Gasteiger charge is -2.24. The zero-order chi connectivity index (χ0) is 17.6. The van der Waals surface area contributed by atoms with E-state index in [-0.39, 0.29) is 12.0 Å². The second-order valence-corrected chi connectivity index (χ2v) is 8.86. The van der Waals surface area contributed by atoms with Gasteiger partial charge in [-0.1, -0.05) is 56.2 Å². The van der Waals surface area contributed by atoms with E-state index in [0.29, 0.717) is 10.6 Å². The first-order valence-electron chi connectivity index (χ1n) is 8.19. The molecule has 0 fully saturated rings. The molecule has 1 N–H and O–H groups in total. The van der Waals surface area contributed by atoms with Crippen LogP contribution in [0.2, 0.25) is 0 Å². The summed E-state index contributed by atoms with van der Waals surface area (Å²) in [7, 11) is -3.50. The summed E-state index contributed by atoms with van der Waals surface area (Å²) in [5.74, 6) is 0.978. The van der Waals surface area contributed by atoms with Crippen LogP contribution in [0.4, 0.5) is 0 Å². The quantitative estimate of drug-likeness (QED) is 0.703. The normalized spacial score (nSPS) is 14.3. The first-order chi connectivity index (χ1) is 11.4. The Kier molecular flexibility index (Phi) is 6.90. The van der Waals surface area contributed by atoms with Gasteiger partial charge < -0.3 is 0 Å². The highest BCUT2D eigenvalue weighted by molar-refractivity contribution is 7.99. The summed E-state index contributed by atoms with van der Waals surface area (Å²) in [4.78, 5) is 1.48. The Balaban J connectivity index is 2.11. The Morgan fingerprint density at radius 2 is 1.67 bits per heavy atom. The van der Waals surface area contributed by atoms with E-state index in [2.05, 4.69) is 18.6 Å². The van der Waals surface area contributed by atoms with Crippen molar-refractivity contribution in [1.29, 1.82) is 0 Å². The van der Waals surface area contributed by atoms with Crippen molar-refractivity contribution in [2.45, 2.75) is 43.0 Å². The second kappa shape index (κ2) is 8.70. The van der Waals surface area contributed by atoms with E-state index >= 15 is 0 Å². The Labute approximate surface area is 149 Å². The molecule has 0 amide bonds. The van der Waals surface area contributed by atoms with Gasteiger partial charge in [0.15, 0.2) is 0 Å². The molecule has 0 bridgehead atoms. The van der Waals surface area contributed by atoms with Gasteiger partial charge in [-0.3, -0.25) is 0 Å². The van der Waals surface area contributed by atoms with Crippen LogP contribution in [0.1, 0.15) is 25.8 Å². The number of rotatable bonds is 8. The minimum atomic E-state index is -3.50. The predicted molar refractivity (Wildman–Crippen MR) is 102 cm³/mol. The average Bonchev–Trinajstić information content (AvgIpc) is 2.59. The molecule has 0 radical (unpaired) electrons. The molecule has 0 aliphatic carbocycles. The molecule has 2 aromatic carbocycles. The standard InChI is InChI=1S/C19H25NO2S2/c1-4-16(3)19(14-23-17-8-6-5-7-9-17)20-24(21,22)18-12-10-15(2)11-13-18/h5-13,16,19-20H,4,14H2,1-3H3/t16-,19+/m0/s1. The molecule has 5 heteroatoms. The van der Waals surface area contributed by atoms with Crippen LogP contribution in [0.15, 0.2) is 64.4 Å². The largest absolute Gasteiger partial charge is 0.240 e. The zero-order valence-electron chi connectivity index (χ0n) is 14.4. The van der Waals surface area contributed by atoms with Crippen molar-refractivity contribution in [1.82, 2.24) is 4.72 Å². The van der Waals surface area contributed by atoms with Crippen LogP contribution in [-0.2, 0) is 10.0 Å². The molecule has 2 aromatic rings. The molecular formula is C19H25NO2S2. The predicted octanol–water partition coefficient (Wildman–Crippen LogP) is 4.48. The van der Waals surface area contributed by atoms with Crippen LogP contribution < -0.4 is 4.72 Å². The monoisotopic (exact) mass is 363 g/mol. The maximum absolute atomic E-state index is 12.7. The second-order valence-electron chi connectivity index (χ2n) is 6.05. The van der Waals surface area contributed by atoms with Gasteiger partial charge >= 0.3 is 0 Å². The Morgan fingerprint density at radius 1 is 1.04 bits per heavy atom. The van der Waals surface area contributed by atoms with E-state index < -0.39 is 10.0 Å². The lowest BCUT2D eigenvalue weighted by atomic mass is 10.0. The number of hydrogen-bond donors (Lipinski definition) is 1. The molecule has 2 rings (SSSR count). The third-order valence-electron chi connectivity index (χ3n) is 4.14. The van der Waals surface area contributed by atoms with E-state index in [1.54, 1.807) is 23.9 Å². The topological polar surface area (TPSA) is 46.2 Å². The molecule has 0 aliphatic rings. The van der Waals surface area contributed by atoms with Crippen LogP contribution in [0.5, 0.6) is 0 Å². The maximum atomic E-state index is 12.7. The summed E-state index contributed by atoms with van der Waals surface area (Å²) >= 11 is 1.68. The zero-order valence-corrected chi connectivity index (χ0v) is 16.0. The Bertz CT molecular complexity index is 728. The fourth-order valence-electron chi connectivity index (χ4n) is 2.29. The van der Waals surface area contributed by atoms with E-state index in [0.717, 1.165) is 16.9 Å². The van der Waals surface area contributed by atoms with Crippen molar-refractivity contribution >= 4 is 21.8 Å². The first kappa shape index (κ1) is 19.0. The maximum Gasteiger partial charge on any atom is 0.240 e. The van der Waals surface area contributed by atoms with Gasteiger partial charge in [-0.25, -0.2) is 13.1 Å². The van der Waals surface area contributed by atoms with E-state index in [9.17, 15) is 8.42 Å². The molecule has 3 nitrogen and oxygen atoms in total. The highest BCUT2D eigenvalue weighted by Gasteiger charge is 2.24. The van der Waals surface area contributed by atoms with Gasteiger partial charge in [-0.05, 0) is 37.1 Å². The van der Waals surface area contributed by atoms with Crippen LogP contribution in [-0.4, -0.2) is 20.2 Å². The minimum absolute atomic E-state index is 0.105. The van der Waals surface area contributed by atoms with Crippen LogP contribution >= 0.6 is 11.8 Å². The van der Waals surface area contributed by atoms with Crippen molar-refractivity contribution in [3.8, 4) is 0 Å². The summed E-state index contributed by atoms with van der Waals surface area (Å²) in [6.45, 7) is 6.13. The van der Waals surface area contributed by atoms with E-state index in [1.165, 1.54) is 0 Å². The van der Waals surface area contributed by atoms with Gasteiger partial charge in [-0.2, -0.15) is 0 Å². The van der Waals surface area contributed by atoms with Gasteiger partial charge in [0.1, 0.15) is 0 Å². The number of sulfonamides is 1. The molecule has 0 saturated carbocycles. The SMILES string of the molecule is CC[C@H](C)[C@@H](CSc1ccccc1)NS(=O)(=O)c1ccc(C)cc1. The number of hydrogen-bond acceptors (Lipinski definition) is 3. The van der Waals surface area contributed by atoms with Gasteiger partial charge in [0.2, 0.25) is 10.0 Å². The Morgan fingerprint density at radius 3 is 2.25 bits per heavy atom. The van der Waals surface area contributed by atoms with Crippen LogP contribution in [0.25, 0.3) is 0 Å². The molecule has 0 aliphatic heterocycles. The summed E-state index contributed by atoms with van der Waals surface area (Å²) < 4.78 is 28.2. The molecule has 0 saturated heterocycles. The molecule has 24 heavy (non-hydrogen) atoms. The molecular weight excluding hydrogens is 338 g/mol. The van der Waals surface area contributed by atoms with Crippen molar-refractivity contribution in [3.63, 3.8) is 0 Å². The fourth-order valence-corrected chi connectivity index (χ4v) is 4.87.